The van der Waals surface area contributed by atoms with Gasteiger partial charge in [-0.15, -0.1) is 0 Å². The van der Waals surface area contributed by atoms with Gasteiger partial charge in [-0.1, -0.05) is 27.7 Å². The van der Waals surface area contributed by atoms with Crippen LogP contribution in [0.3, 0.4) is 0 Å². The summed E-state index contributed by atoms with van der Waals surface area (Å²) in [4.78, 5) is 57.5. The first-order chi connectivity index (χ1) is 18.6. The molecule has 3 atom stereocenters. The van der Waals surface area contributed by atoms with Crippen molar-refractivity contribution in [2.45, 2.75) is 77.7 Å². The van der Waals surface area contributed by atoms with Gasteiger partial charge in [-0.25, -0.2) is 0 Å². The normalized spacial score (nSPS) is 25.1. The van der Waals surface area contributed by atoms with E-state index in [1.807, 2.05) is 32.6 Å². The highest BCUT2D eigenvalue weighted by Gasteiger charge is 2.53. The highest BCUT2D eigenvalue weighted by Crippen LogP contribution is 2.34. The van der Waals surface area contributed by atoms with Gasteiger partial charge in [0.25, 0.3) is 11.8 Å². The minimum absolute atomic E-state index is 0.0338. The zero-order chi connectivity index (χ0) is 28.3. The molecule has 0 radical (unpaired) electrons. The van der Waals surface area contributed by atoms with Crippen molar-refractivity contribution < 1.29 is 19.2 Å². The number of hydrogen-bond donors (Lipinski definition) is 0. The van der Waals surface area contributed by atoms with E-state index in [1.165, 1.54) is 17.3 Å². The van der Waals surface area contributed by atoms with E-state index >= 15 is 0 Å². The van der Waals surface area contributed by atoms with E-state index in [4.69, 9.17) is 4.84 Å². The standard InChI is InChI=1S/C29H40N6O4/c1-19(2)14-24-28(37)33(23-9-12-32(5)13-10-23)18-26-34(24)29(38)25(15-20(3)4)39-35(26)27(36)7-6-22-16-21(17-30)8-11-31-22/h6-8,11,16,19-20,23-26H,9-10,12-15,18H2,1-5H3/b7-6+/t24-,25+,26-/m0/s1. The lowest BCUT2D eigenvalue weighted by Gasteiger charge is -2.55. The number of hydroxylamine groups is 2. The number of aromatic nitrogens is 1. The van der Waals surface area contributed by atoms with E-state index in [0.29, 0.717) is 24.1 Å². The molecule has 10 heteroatoms. The number of pyridine rings is 1. The number of rotatable bonds is 7. The van der Waals surface area contributed by atoms with Crippen LogP contribution in [0.4, 0.5) is 0 Å². The van der Waals surface area contributed by atoms with Crippen LogP contribution >= 0.6 is 0 Å². The molecule has 39 heavy (non-hydrogen) atoms. The lowest BCUT2D eigenvalue weighted by molar-refractivity contribution is -0.275. The Morgan fingerprint density at radius 3 is 2.49 bits per heavy atom. The number of carbonyl (C=O) groups is 3. The van der Waals surface area contributed by atoms with Gasteiger partial charge < -0.3 is 14.7 Å². The Morgan fingerprint density at radius 2 is 1.85 bits per heavy atom. The molecule has 1 aromatic heterocycles. The molecule has 0 saturated carbocycles. The summed E-state index contributed by atoms with van der Waals surface area (Å²) < 4.78 is 0. The van der Waals surface area contributed by atoms with Gasteiger partial charge in [0.05, 0.1) is 23.9 Å². The Kier molecular flexibility index (Phi) is 9.03. The van der Waals surface area contributed by atoms with Gasteiger partial charge in [0.2, 0.25) is 5.91 Å². The summed E-state index contributed by atoms with van der Waals surface area (Å²) in [6.07, 6.45) is 5.49. The molecule has 210 valence electrons. The second-order valence-corrected chi connectivity index (χ2v) is 11.7. The fraction of sp³-hybridized carbons (Fsp3) is 0.621. The van der Waals surface area contributed by atoms with Crippen molar-refractivity contribution in [2.75, 3.05) is 26.7 Å². The van der Waals surface area contributed by atoms with Gasteiger partial charge in [-0.2, -0.15) is 10.3 Å². The second kappa shape index (κ2) is 12.3. The summed E-state index contributed by atoms with van der Waals surface area (Å²) in [7, 11) is 2.08. The van der Waals surface area contributed by atoms with Crippen LogP contribution in [-0.2, 0) is 19.2 Å². The summed E-state index contributed by atoms with van der Waals surface area (Å²) in [5.74, 6) is -0.364. The second-order valence-electron chi connectivity index (χ2n) is 11.7. The fourth-order valence-corrected chi connectivity index (χ4v) is 5.68. The summed E-state index contributed by atoms with van der Waals surface area (Å²) in [6.45, 7) is 10.1. The highest BCUT2D eigenvalue weighted by atomic mass is 16.7. The predicted octanol–water partition coefficient (Wildman–Crippen LogP) is 2.66. The van der Waals surface area contributed by atoms with Gasteiger partial charge in [0, 0.05) is 18.3 Å². The van der Waals surface area contributed by atoms with Crippen molar-refractivity contribution in [2.24, 2.45) is 11.8 Å². The van der Waals surface area contributed by atoms with Crippen LogP contribution in [0.15, 0.2) is 24.4 Å². The Hall–Kier alpha value is -3.29. The lowest BCUT2D eigenvalue weighted by Crippen LogP contribution is -2.74. The number of carbonyl (C=O) groups excluding carboxylic acids is 3. The molecule has 0 aliphatic carbocycles. The van der Waals surface area contributed by atoms with Crippen LogP contribution in [0.25, 0.3) is 6.08 Å². The molecular formula is C29H40N6O4. The third-order valence-electron chi connectivity index (χ3n) is 7.66. The number of piperidine rings is 1. The maximum atomic E-state index is 13.9. The minimum Gasteiger partial charge on any atom is -0.334 e. The number of nitrogens with zero attached hydrogens (tertiary/aromatic N) is 6. The molecule has 3 amide bonds. The van der Waals surface area contributed by atoms with E-state index in [0.717, 1.165) is 25.9 Å². The Balaban J connectivity index is 1.68. The number of fused-ring (bicyclic) bond motifs is 1. The van der Waals surface area contributed by atoms with E-state index in [9.17, 15) is 19.6 Å². The van der Waals surface area contributed by atoms with Crippen molar-refractivity contribution >= 4 is 23.8 Å². The molecule has 4 rings (SSSR count). The number of nitriles is 1. The van der Waals surface area contributed by atoms with Crippen LogP contribution in [0.2, 0.25) is 0 Å². The summed E-state index contributed by atoms with van der Waals surface area (Å²) in [5.41, 5.74) is 0.909. The Labute approximate surface area is 231 Å². The molecule has 3 saturated heterocycles. The van der Waals surface area contributed by atoms with Crippen LogP contribution in [0.1, 0.15) is 64.6 Å². The van der Waals surface area contributed by atoms with Gasteiger partial charge in [-0.05, 0) is 75.9 Å². The topological polar surface area (TPSA) is 110 Å². The SMILES string of the molecule is CC(C)C[C@H]1ON(C(=O)/C=C/c2cc(C#N)ccn2)[C@H]2CN(C3CCN(C)CC3)C(=O)[C@H](CC(C)C)N2C1=O. The quantitative estimate of drug-likeness (QED) is 0.493. The summed E-state index contributed by atoms with van der Waals surface area (Å²) in [5, 5.41) is 10.5. The van der Waals surface area contributed by atoms with Crippen LogP contribution < -0.4 is 0 Å². The van der Waals surface area contributed by atoms with Crippen molar-refractivity contribution in [1.29, 1.82) is 5.26 Å². The third kappa shape index (κ3) is 6.48. The molecule has 0 bridgehead atoms. The van der Waals surface area contributed by atoms with E-state index in [1.54, 1.807) is 23.1 Å². The van der Waals surface area contributed by atoms with Crippen LogP contribution in [-0.4, -0.2) is 93.5 Å². The summed E-state index contributed by atoms with van der Waals surface area (Å²) >= 11 is 0. The molecule has 10 nitrogen and oxygen atoms in total. The molecule has 4 heterocycles. The molecular weight excluding hydrogens is 496 g/mol. The molecule has 1 aromatic rings. The maximum Gasteiger partial charge on any atom is 0.272 e. The first-order valence-corrected chi connectivity index (χ1v) is 13.9. The zero-order valence-electron chi connectivity index (χ0n) is 23.6. The third-order valence-corrected chi connectivity index (χ3v) is 7.66. The zero-order valence-corrected chi connectivity index (χ0v) is 23.6. The first kappa shape index (κ1) is 28.7. The molecule has 0 unspecified atom stereocenters. The largest absolute Gasteiger partial charge is 0.334 e. The van der Waals surface area contributed by atoms with Crippen molar-refractivity contribution in [3.63, 3.8) is 0 Å². The Morgan fingerprint density at radius 1 is 1.15 bits per heavy atom. The fourth-order valence-electron chi connectivity index (χ4n) is 5.68. The maximum absolute atomic E-state index is 13.9. The molecule has 3 aliphatic rings. The lowest BCUT2D eigenvalue weighted by atomic mass is 9.93. The van der Waals surface area contributed by atoms with Crippen LogP contribution in [0, 0.1) is 23.2 Å². The number of hydrogen-bond acceptors (Lipinski definition) is 7. The van der Waals surface area contributed by atoms with Crippen molar-refractivity contribution in [3.05, 3.63) is 35.7 Å². The number of piperazine rings is 1. The highest BCUT2D eigenvalue weighted by molar-refractivity contribution is 5.95. The van der Waals surface area contributed by atoms with Gasteiger partial charge in [0.1, 0.15) is 6.04 Å². The van der Waals surface area contributed by atoms with Crippen molar-refractivity contribution in [3.8, 4) is 6.07 Å². The number of amides is 3. The van der Waals surface area contributed by atoms with Gasteiger partial charge >= 0.3 is 0 Å². The molecule has 0 spiro atoms. The molecule has 3 fully saturated rings. The molecule has 0 N–H and O–H groups in total. The average Bonchev–Trinajstić information content (AvgIpc) is 2.90. The monoisotopic (exact) mass is 536 g/mol. The van der Waals surface area contributed by atoms with Gasteiger partial charge in [0.15, 0.2) is 12.3 Å². The predicted molar refractivity (Wildman–Crippen MR) is 145 cm³/mol. The average molecular weight is 537 g/mol. The smallest absolute Gasteiger partial charge is 0.272 e. The van der Waals surface area contributed by atoms with Crippen LogP contribution in [0.5, 0.6) is 0 Å². The van der Waals surface area contributed by atoms with Gasteiger partial charge in [-0.3, -0.25) is 24.2 Å². The van der Waals surface area contributed by atoms with E-state index < -0.39 is 24.2 Å². The first-order valence-electron chi connectivity index (χ1n) is 13.9. The minimum atomic E-state index is -0.851. The molecule has 3 aliphatic heterocycles. The van der Waals surface area contributed by atoms with Crippen molar-refractivity contribution in [1.82, 2.24) is 24.7 Å². The van der Waals surface area contributed by atoms with E-state index in [2.05, 4.69) is 23.0 Å². The van der Waals surface area contributed by atoms with E-state index in [-0.39, 0.29) is 36.2 Å². The molecule has 0 aromatic carbocycles. The number of likely N-dealkylation sites (tertiary alicyclic amines) is 1. The Bertz CT molecular complexity index is 1140. The summed E-state index contributed by atoms with van der Waals surface area (Å²) in [6, 6.07) is 4.66.